The number of aryl methyl sites for hydroxylation is 1. The largest absolute Gasteiger partial charge is 0.416 e. The van der Waals surface area contributed by atoms with E-state index in [9.17, 15) is 18.0 Å². The molecule has 0 aromatic heterocycles. The number of hydrogen-bond acceptors (Lipinski definition) is 3. The molecule has 1 heterocycles. The van der Waals surface area contributed by atoms with E-state index in [1.807, 2.05) is 24.3 Å². The smallest absolute Gasteiger partial charge is 0.300 e. The molecule has 0 saturated carbocycles. The molecule has 3 nitrogen and oxygen atoms in total. The number of halogens is 4. The van der Waals surface area contributed by atoms with Crippen molar-refractivity contribution >= 4 is 46.2 Å². The molecule has 1 fully saturated rings. The predicted molar refractivity (Wildman–Crippen MR) is 103 cm³/mol. The maximum atomic E-state index is 12.9. The van der Waals surface area contributed by atoms with Crippen LogP contribution in [-0.4, -0.2) is 11.1 Å². The highest BCUT2D eigenvalue weighted by atomic mass is 35.5. The molecule has 2 aromatic carbocycles. The standard InChI is InChI=1S/C19H14ClF3N2OS/c1-2-11-3-5-12(6-4-11)9-16-17(26)25-18(27-16)24-15-10-13(19(21,22)23)7-8-14(15)20/h3-10H,2H2,1H3,(H,24,25,26). The van der Waals surface area contributed by atoms with E-state index in [4.69, 9.17) is 11.6 Å². The van der Waals surface area contributed by atoms with E-state index in [2.05, 4.69) is 17.2 Å². The quantitative estimate of drug-likeness (QED) is 0.648. The molecule has 0 aliphatic carbocycles. The van der Waals surface area contributed by atoms with Crippen LogP contribution in [-0.2, 0) is 17.4 Å². The Hall–Kier alpha value is -2.25. The van der Waals surface area contributed by atoms with Gasteiger partial charge in [0.1, 0.15) is 0 Å². The zero-order chi connectivity index (χ0) is 19.6. The van der Waals surface area contributed by atoms with E-state index in [-0.39, 0.29) is 21.8 Å². The van der Waals surface area contributed by atoms with Crippen molar-refractivity contribution in [2.45, 2.75) is 19.5 Å². The van der Waals surface area contributed by atoms with Gasteiger partial charge in [-0.1, -0.05) is 42.8 Å². The van der Waals surface area contributed by atoms with Gasteiger partial charge in [0.25, 0.3) is 5.91 Å². The number of aliphatic imine (C=N–C) groups is 1. The number of carbonyl (C=O) groups is 1. The van der Waals surface area contributed by atoms with Gasteiger partial charge in [-0.3, -0.25) is 4.79 Å². The number of nitrogens with zero attached hydrogens (tertiary/aromatic N) is 1. The molecule has 0 atom stereocenters. The van der Waals surface area contributed by atoms with Crippen LogP contribution in [0.3, 0.4) is 0 Å². The van der Waals surface area contributed by atoms with Crippen LogP contribution in [0.15, 0.2) is 52.4 Å². The molecule has 1 N–H and O–H groups in total. The van der Waals surface area contributed by atoms with Crippen LogP contribution in [0.1, 0.15) is 23.6 Å². The Morgan fingerprint density at radius 1 is 1.19 bits per heavy atom. The van der Waals surface area contributed by atoms with E-state index in [1.54, 1.807) is 6.08 Å². The van der Waals surface area contributed by atoms with Crippen LogP contribution in [0.25, 0.3) is 6.08 Å². The molecule has 27 heavy (non-hydrogen) atoms. The summed E-state index contributed by atoms with van der Waals surface area (Å²) in [5.74, 6) is -0.360. The van der Waals surface area contributed by atoms with Crippen molar-refractivity contribution in [1.29, 1.82) is 0 Å². The molecule has 0 unspecified atom stereocenters. The van der Waals surface area contributed by atoms with Crippen molar-refractivity contribution in [3.05, 3.63) is 69.1 Å². The summed E-state index contributed by atoms with van der Waals surface area (Å²) in [4.78, 5) is 16.6. The number of thioether (sulfide) groups is 1. The highest BCUT2D eigenvalue weighted by Gasteiger charge is 2.31. The number of benzene rings is 2. The Kier molecular flexibility index (Phi) is 5.62. The first-order valence-electron chi connectivity index (χ1n) is 8.01. The maximum Gasteiger partial charge on any atom is 0.416 e. The maximum absolute atomic E-state index is 12.9. The van der Waals surface area contributed by atoms with E-state index in [0.717, 1.165) is 41.9 Å². The Morgan fingerprint density at radius 2 is 1.89 bits per heavy atom. The molecule has 1 aliphatic rings. The van der Waals surface area contributed by atoms with Crippen LogP contribution in [0.4, 0.5) is 18.9 Å². The Labute approximate surface area is 163 Å². The summed E-state index contributed by atoms with van der Waals surface area (Å²) in [5.41, 5.74) is 1.13. The zero-order valence-corrected chi connectivity index (χ0v) is 15.7. The fourth-order valence-electron chi connectivity index (χ4n) is 2.37. The van der Waals surface area contributed by atoms with Crippen molar-refractivity contribution in [2.24, 2.45) is 4.99 Å². The van der Waals surface area contributed by atoms with Gasteiger partial charge in [0, 0.05) is 0 Å². The first-order valence-corrected chi connectivity index (χ1v) is 9.21. The predicted octanol–water partition coefficient (Wildman–Crippen LogP) is 5.81. The van der Waals surface area contributed by atoms with Gasteiger partial charge in [-0.05, 0) is 53.6 Å². The molecule has 1 saturated heterocycles. The van der Waals surface area contributed by atoms with E-state index in [0.29, 0.717) is 4.91 Å². The van der Waals surface area contributed by atoms with Crippen molar-refractivity contribution in [1.82, 2.24) is 5.32 Å². The molecule has 1 amide bonds. The second-order valence-electron chi connectivity index (χ2n) is 5.74. The highest BCUT2D eigenvalue weighted by Crippen LogP contribution is 2.36. The van der Waals surface area contributed by atoms with Crippen molar-refractivity contribution in [3.8, 4) is 0 Å². The van der Waals surface area contributed by atoms with Gasteiger partial charge in [0.15, 0.2) is 5.17 Å². The fraction of sp³-hybridized carbons (Fsp3) is 0.158. The molecule has 0 spiro atoms. The number of carbonyl (C=O) groups excluding carboxylic acids is 1. The SMILES string of the molecule is CCc1ccc(C=C2SC(=Nc3cc(C(F)(F)F)ccc3Cl)NC2=O)cc1. The average Bonchev–Trinajstić information content (AvgIpc) is 2.96. The molecule has 8 heteroatoms. The fourth-order valence-corrected chi connectivity index (χ4v) is 3.36. The van der Waals surface area contributed by atoms with Crippen molar-refractivity contribution < 1.29 is 18.0 Å². The molecule has 0 bridgehead atoms. The summed E-state index contributed by atoms with van der Waals surface area (Å²) in [7, 11) is 0. The second kappa shape index (κ2) is 7.78. The molecular formula is C19H14ClF3N2OS. The van der Waals surface area contributed by atoms with E-state index in [1.165, 1.54) is 5.56 Å². The number of rotatable bonds is 3. The van der Waals surface area contributed by atoms with Crippen LogP contribution in [0.5, 0.6) is 0 Å². The summed E-state index contributed by atoms with van der Waals surface area (Å²) >= 11 is 7.00. The lowest BCUT2D eigenvalue weighted by Gasteiger charge is -2.08. The van der Waals surface area contributed by atoms with Crippen molar-refractivity contribution in [3.63, 3.8) is 0 Å². The first kappa shape index (κ1) is 19.5. The molecule has 2 aromatic rings. The highest BCUT2D eigenvalue weighted by molar-refractivity contribution is 8.18. The lowest BCUT2D eigenvalue weighted by atomic mass is 10.1. The van der Waals surface area contributed by atoms with Crippen LogP contribution >= 0.6 is 23.4 Å². The summed E-state index contributed by atoms with van der Waals surface area (Å²) in [6, 6.07) is 10.6. The van der Waals surface area contributed by atoms with E-state index < -0.39 is 11.7 Å². The van der Waals surface area contributed by atoms with Gasteiger partial charge in [-0.15, -0.1) is 0 Å². The summed E-state index contributed by atoms with van der Waals surface area (Å²) < 4.78 is 38.6. The third-order valence-corrected chi connectivity index (χ3v) is 5.06. The lowest BCUT2D eigenvalue weighted by molar-refractivity contribution is -0.137. The minimum absolute atomic E-state index is 0.0529. The van der Waals surface area contributed by atoms with Crippen LogP contribution < -0.4 is 5.32 Å². The summed E-state index contributed by atoms with van der Waals surface area (Å²) in [5, 5.41) is 2.79. The number of hydrogen-bond donors (Lipinski definition) is 1. The Balaban J connectivity index is 1.85. The summed E-state index contributed by atoms with van der Waals surface area (Å²) in [6.45, 7) is 2.05. The second-order valence-corrected chi connectivity index (χ2v) is 7.18. The number of amidine groups is 1. The van der Waals surface area contributed by atoms with Gasteiger partial charge in [-0.25, -0.2) is 4.99 Å². The number of alkyl halides is 3. The molecular weight excluding hydrogens is 397 g/mol. The van der Waals surface area contributed by atoms with Gasteiger partial charge >= 0.3 is 6.18 Å². The third kappa shape index (κ3) is 4.73. The summed E-state index contributed by atoms with van der Waals surface area (Å²) in [6.07, 6.45) is -1.88. The number of amides is 1. The van der Waals surface area contributed by atoms with Gasteiger partial charge < -0.3 is 5.32 Å². The van der Waals surface area contributed by atoms with Crippen molar-refractivity contribution in [2.75, 3.05) is 0 Å². The average molecular weight is 411 g/mol. The van der Waals surface area contributed by atoms with Crippen LogP contribution in [0, 0.1) is 0 Å². The zero-order valence-electron chi connectivity index (χ0n) is 14.1. The molecule has 0 radical (unpaired) electrons. The topological polar surface area (TPSA) is 41.5 Å². The molecule has 1 aliphatic heterocycles. The van der Waals surface area contributed by atoms with Crippen LogP contribution in [0.2, 0.25) is 5.02 Å². The number of nitrogens with one attached hydrogen (secondary N) is 1. The Bertz CT molecular complexity index is 937. The monoisotopic (exact) mass is 410 g/mol. The minimum atomic E-state index is -4.50. The van der Waals surface area contributed by atoms with Gasteiger partial charge in [-0.2, -0.15) is 13.2 Å². The van der Waals surface area contributed by atoms with Gasteiger partial charge in [0.05, 0.1) is 21.2 Å². The normalized spacial score (nSPS) is 17.6. The molecule has 140 valence electrons. The Morgan fingerprint density at radius 3 is 2.52 bits per heavy atom. The van der Waals surface area contributed by atoms with E-state index >= 15 is 0 Å². The first-order chi connectivity index (χ1) is 12.8. The minimum Gasteiger partial charge on any atom is -0.300 e. The molecule has 3 rings (SSSR count). The van der Waals surface area contributed by atoms with Gasteiger partial charge in [0.2, 0.25) is 0 Å². The lowest BCUT2D eigenvalue weighted by Crippen LogP contribution is -2.19. The third-order valence-electron chi connectivity index (χ3n) is 3.83.